The van der Waals surface area contributed by atoms with Crippen LogP contribution in [0.15, 0.2) is 51.4 Å². The number of methoxy groups -OCH3 is 1. The quantitative estimate of drug-likeness (QED) is 0.588. The van der Waals surface area contributed by atoms with Crippen molar-refractivity contribution in [1.29, 1.82) is 0 Å². The van der Waals surface area contributed by atoms with Gasteiger partial charge in [0.2, 0.25) is 11.8 Å². The number of nitrogens with zero attached hydrogens (tertiary/aromatic N) is 2. The van der Waals surface area contributed by atoms with Gasteiger partial charge < -0.3 is 13.9 Å². The van der Waals surface area contributed by atoms with Crippen molar-refractivity contribution < 1.29 is 13.9 Å². The van der Waals surface area contributed by atoms with Crippen LogP contribution >= 0.6 is 15.9 Å². The first kappa shape index (κ1) is 17.2. The highest BCUT2D eigenvalue weighted by Gasteiger charge is 2.06. The van der Waals surface area contributed by atoms with Gasteiger partial charge in [-0.05, 0) is 48.0 Å². The SMILES string of the molecule is COc1ccc(/C=C\c2nnc(C)o2)cc1COc1ccc(Br)cc1. The molecule has 0 N–H and O–H groups in total. The lowest BCUT2D eigenvalue weighted by Gasteiger charge is -2.11. The normalized spacial score (nSPS) is 11.0. The van der Waals surface area contributed by atoms with Gasteiger partial charge in [0.05, 0.1) is 7.11 Å². The second-order valence-corrected chi connectivity index (χ2v) is 6.22. The molecule has 0 atom stereocenters. The molecule has 3 aromatic rings. The number of rotatable bonds is 6. The second kappa shape index (κ2) is 7.98. The first-order valence-electron chi connectivity index (χ1n) is 7.67. The van der Waals surface area contributed by atoms with Gasteiger partial charge in [-0.25, -0.2) is 0 Å². The highest BCUT2D eigenvalue weighted by Crippen LogP contribution is 2.24. The summed E-state index contributed by atoms with van der Waals surface area (Å²) in [5.74, 6) is 2.59. The van der Waals surface area contributed by atoms with Gasteiger partial charge in [-0.2, -0.15) is 0 Å². The number of hydrogen-bond acceptors (Lipinski definition) is 5. The largest absolute Gasteiger partial charge is 0.496 e. The summed E-state index contributed by atoms with van der Waals surface area (Å²) in [5, 5.41) is 7.75. The fourth-order valence-electron chi connectivity index (χ4n) is 2.25. The minimum atomic E-state index is 0.409. The molecule has 0 aliphatic heterocycles. The average Bonchev–Trinajstić information content (AvgIpc) is 3.05. The molecule has 0 amide bonds. The van der Waals surface area contributed by atoms with Crippen molar-refractivity contribution in [2.45, 2.75) is 13.5 Å². The fourth-order valence-corrected chi connectivity index (χ4v) is 2.52. The topological polar surface area (TPSA) is 57.4 Å². The van der Waals surface area contributed by atoms with E-state index in [0.29, 0.717) is 18.4 Å². The smallest absolute Gasteiger partial charge is 0.240 e. The van der Waals surface area contributed by atoms with Gasteiger partial charge in [-0.15, -0.1) is 10.2 Å². The summed E-state index contributed by atoms with van der Waals surface area (Å²) < 4.78 is 17.6. The summed E-state index contributed by atoms with van der Waals surface area (Å²) in [6.45, 7) is 2.17. The molecule has 0 unspecified atom stereocenters. The molecule has 6 heteroatoms. The summed E-state index contributed by atoms with van der Waals surface area (Å²) >= 11 is 3.41. The Morgan fingerprint density at radius 3 is 2.56 bits per heavy atom. The minimum absolute atomic E-state index is 0.409. The van der Waals surface area contributed by atoms with Crippen LogP contribution in [0, 0.1) is 6.92 Å². The maximum absolute atomic E-state index is 5.84. The van der Waals surface area contributed by atoms with Crippen molar-refractivity contribution in [3.8, 4) is 11.5 Å². The second-order valence-electron chi connectivity index (χ2n) is 5.31. The number of halogens is 1. The van der Waals surface area contributed by atoms with E-state index in [4.69, 9.17) is 13.9 Å². The molecule has 0 radical (unpaired) electrons. The zero-order valence-electron chi connectivity index (χ0n) is 13.9. The number of aromatic nitrogens is 2. The van der Waals surface area contributed by atoms with Crippen LogP contribution in [0.3, 0.4) is 0 Å². The molecule has 0 aliphatic carbocycles. The Balaban J connectivity index is 1.75. The van der Waals surface area contributed by atoms with E-state index in [1.54, 1.807) is 20.1 Å². The number of aryl methyl sites for hydroxylation is 1. The van der Waals surface area contributed by atoms with Crippen LogP contribution in [0.25, 0.3) is 12.2 Å². The Morgan fingerprint density at radius 1 is 1.08 bits per heavy atom. The van der Waals surface area contributed by atoms with Crippen LogP contribution in [0.2, 0.25) is 0 Å². The van der Waals surface area contributed by atoms with Crippen molar-refractivity contribution in [3.63, 3.8) is 0 Å². The minimum Gasteiger partial charge on any atom is -0.496 e. The van der Waals surface area contributed by atoms with Crippen molar-refractivity contribution in [2.24, 2.45) is 0 Å². The van der Waals surface area contributed by atoms with E-state index in [2.05, 4.69) is 26.1 Å². The van der Waals surface area contributed by atoms with Gasteiger partial charge in [0, 0.05) is 23.0 Å². The Hall–Kier alpha value is -2.60. The van der Waals surface area contributed by atoms with Crippen LogP contribution in [0.4, 0.5) is 0 Å². The van der Waals surface area contributed by atoms with E-state index >= 15 is 0 Å². The Kier molecular flexibility index (Phi) is 5.50. The maximum Gasteiger partial charge on any atom is 0.240 e. The Labute approximate surface area is 154 Å². The van der Waals surface area contributed by atoms with Crippen molar-refractivity contribution in [3.05, 3.63) is 69.8 Å². The van der Waals surface area contributed by atoms with Gasteiger partial charge >= 0.3 is 0 Å². The predicted octanol–water partition coefficient (Wildman–Crippen LogP) is 4.90. The third-order valence-corrected chi connectivity index (χ3v) is 4.00. The summed E-state index contributed by atoms with van der Waals surface area (Å²) in [5.41, 5.74) is 1.94. The highest BCUT2D eigenvalue weighted by molar-refractivity contribution is 9.10. The van der Waals surface area contributed by atoms with Crippen molar-refractivity contribution >= 4 is 28.1 Å². The van der Waals surface area contributed by atoms with Crippen molar-refractivity contribution in [1.82, 2.24) is 10.2 Å². The molecular weight excluding hydrogens is 384 g/mol. The average molecular weight is 401 g/mol. The first-order valence-corrected chi connectivity index (χ1v) is 8.47. The van der Waals surface area contributed by atoms with E-state index < -0.39 is 0 Å². The van der Waals surface area contributed by atoms with Gasteiger partial charge in [-0.3, -0.25) is 0 Å². The summed E-state index contributed by atoms with van der Waals surface area (Å²) in [4.78, 5) is 0. The third-order valence-electron chi connectivity index (χ3n) is 3.47. The molecule has 5 nitrogen and oxygen atoms in total. The summed E-state index contributed by atoms with van der Waals surface area (Å²) in [7, 11) is 1.65. The zero-order chi connectivity index (χ0) is 17.6. The summed E-state index contributed by atoms with van der Waals surface area (Å²) in [6.07, 6.45) is 3.69. The fraction of sp³-hybridized carbons (Fsp3) is 0.158. The van der Waals surface area contributed by atoms with Crippen LogP contribution in [-0.2, 0) is 6.61 Å². The van der Waals surface area contributed by atoms with Crippen LogP contribution < -0.4 is 9.47 Å². The molecule has 3 rings (SSSR count). The van der Waals surface area contributed by atoms with E-state index in [1.807, 2.05) is 48.5 Å². The molecular formula is C19H17BrN2O3. The van der Waals surface area contributed by atoms with E-state index in [9.17, 15) is 0 Å². The molecule has 0 aliphatic rings. The highest BCUT2D eigenvalue weighted by atomic mass is 79.9. The molecule has 0 fully saturated rings. The van der Waals surface area contributed by atoms with Crippen molar-refractivity contribution in [2.75, 3.05) is 7.11 Å². The standard InChI is InChI=1S/C19H17BrN2O3/c1-13-21-22-19(25-13)10-4-14-3-9-18(23-2)15(11-14)12-24-17-7-5-16(20)6-8-17/h3-11H,12H2,1-2H3/b10-4-. The molecule has 0 saturated heterocycles. The molecule has 1 aromatic heterocycles. The third kappa shape index (κ3) is 4.70. The molecule has 1 heterocycles. The van der Waals surface area contributed by atoms with Crippen LogP contribution in [0.1, 0.15) is 22.9 Å². The zero-order valence-corrected chi connectivity index (χ0v) is 15.5. The van der Waals surface area contributed by atoms with Crippen LogP contribution in [0.5, 0.6) is 11.5 Å². The molecule has 128 valence electrons. The van der Waals surface area contributed by atoms with E-state index in [1.165, 1.54) is 0 Å². The van der Waals surface area contributed by atoms with Crippen LogP contribution in [-0.4, -0.2) is 17.3 Å². The monoisotopic (exact) mass is 400 g/mol. The van der Waals surface area contributed by atoms with Gasteiger partial charge in [-0.1, -0.05) is 22.0 Å². The molecule has 0 spiro atoms. The molecule has 2 aromatic carbocycles. The van der Waals surface area contributed by atoms with Gasteiger partial charge in [0.1, 0.15) is 18.1 Å². The Morgan fingerprint density at radius 2 is 1.88 bits per heavy atom. The van der Waals surface area contributed by atoms with E-state index in [-0.39, 0.29) is 0 Å². The number of hydrogen-bond donors (Lipinski definition) is 0. The molecule has 25 heavy (non-hydrogen) atoms. The number of benzene rings is 2. The number of ether oxygens (including phenoxy) is 2. The first-order chi connectivity index (χ1) is 12.1. The maximum atomic E-state index is 5.84. The lowest BCUT2D eigenvalue weighted by molar-refractivity contribution is 0.296. The molecule has 0 bridgehead atoms. The van der Waals surface area contributed by atoms with E-state index in [0.717, 1.165) is 27.1 Å². The molecule has 0 saturated carbocycles. The summed E-state index contributed by atoms with van der Waals surface area (Å²) in [6, 6.07) is 13.6. The lowest BCUT2D eigenvalue weighted by atomic mass is 10.1. The Bertz CT molecular complexity index is 873. The van der Waals surface area contributed by atoms with Gasteiger partial charge in [0.15, 0.2) is 0 Å². The lowest BCUT2D eigenvalue weighted by Crippen LogP contribution is -1.99. The predicted molar refractivity (Wildman–Crippen MR) is 99.4 cm³/mol. The van der Waals surface area contributed by atoms with Gasteiger partial charge in [0.25, 0.3) is 0 Å².